The van der Waals surface area contributed by atoms with Crippen molar-refractivity contribution in [1.29, 1.82) is 0 Å². The zero-order chi connectivity index (χ0) is 11.0. The molecule has 0 heterocycles. The maximum atomic E-state index is 6.43. The largest absolute Gasteiger partial charge is 0.325 e. The number of nitrogens with two attached hydrogens (primary N) is 1. The minimum absolute atomic E-state index is 0. The second-order valence-electron chi connectivity index (χ2n) is 4.54. The summed E-state index contributed by atoms with van der Waals surface area (Å²) in [5.41, 5.74) is 6.53. The maximum Gasteiger partial charge on any atom is 0.0177 e. The van der Waals surface area contributed by atoms with Crippen LogP contribution in [0.3, 0.4) is 0 Å². The van der Waals surface area contributed by atoms with E-state index < -0.39 is 0 Å². The van der Waals surface area contributed by atoms with Crippen LogP contribution >= 0.6 is 17.0 Å². The summed E-state index contributed by atoms with van der Waals surface area (Å²) in [5, 5.41) is 0. The second-order valence-corrected chi connectivity index (χ2v) is 4.54. The van der Waals surface area contributed by atoms with Crippen molar-refractivity contribution in [2.75, 3.05) is 0 Å². The Labute approximate surface area is 107 Å². The van der Waals surface area contributed by atoms with Crippen LogP contribution in [0, 0.1) is 5.92 Å². The summed E-state index contributed by atoms with van der Waals surface area (Å²) in [5.74, 6) is 0.726. The summed E-state index contributed by atoms with van der Waals surface area (Å²) in [4.78, 5) is 0. The van der Waals surface area contributed by atoms with Crippen molar-refractivity contribution < 1.29 is 0 Å². The fourth-order valence-corrected chi connectivity index (χ4v) is 2.37. The number of hydrogen-bond donors (Lipinski definition) is 1. The van der Waals surface area contributed by atoms with Gasteiger partial charge in [0.1, 0.15) is 0 Å². The van der Waals surface area contributed by atoms with E-state index in [0.29, 0.717) is 0 Å². The summed E-state index contributed by atoms with van der Waals surface area (Å²) >= 11 is 0. The molecule has 0 aliphatic carbocycles. The highest BCUT2D eigenvalue weighted by Gasteiger charge is 2.29. The van der Waals surface area contributed by atoms with E-state index in [1.165, 1.54) is 32.1 Å². The molecule has 0 fully saturated rings. The molecule has 0 aromatic heterocycles. The van der Waals surface area contributed by atoms with Gasteiger partial charge in [-0.2, -0.15) is 0 Å². The van der Waals surface area contributed by atoms with Crippen LogP contribution in [0.1, 0.15) is 72.6 Å². The third-order valence-corrected chi connectivity index (χ3v) is 3.78. The predicted molar refractivity (Wildman–Crippen MR) is 75.7 cm³/mol. The molecule has 0 bridgehead atoms. The van der Waals surface area contributed by atoms with E-state index in [1.807, 2.05) is 0 Å². The van der Waals surface area contributed by atoms with Gasteiger partial charge >= 0.3 is 0 Å². The van der Waals surface area contributed by atoms with Gasteiger partial charge in [0.05, 0.1) is 0 Å². The topological polar surface area (TPSA) is 26.0 Å². The van der Waals surface area contributed by atoms with Gasteiger partial charge in [-0.1, -0.05) is 53.4 Å². The van der Waals surface area contributed by atoms with E-state index in [9.17, 15) is 0 Å². The van der Waals surface area contributed by atoms with E-state index in [0.717, 1.165) is 18.8 Å². The normalized spacial score (nSPS) is 13.4. The van der Waals surface area contributed by atoms with Crippen molar-refractivity contribution in [3.63, 3.8) is 0 Å². The molecule has 2 N–H and O–H groups in total. The molecule has 0 saturated heterocycles. The van der Waals surface area contributed by atoms with Crippen molar-refractivity contribution in [1.82, 2.24) is 0 Å². The number of halogens is 1. The van der Waals surface area contributed by atoms with Crippen LogP contribution in [0.5, 0.6) is 0 Å². The Kier molecular flexibility index (Phi) is 11.5. The predicted octanol–water partition coefficient (Wildman–Crippen LogP) is 4.69. The Morgan fingerprint density at radius 2 is 1.53 bits per heavy atom. The Morgan fingerprint density at radius 3 is 1.87 bits per heavy atom. The zero-order valence-corrected chi connectivity index (χ0v) is 12.7. The Morgan fingerprint density at radius 1 is 1.00 bits per heavy atom. The monoisotopic (exact) mass is 279 g/mol. The fourth-order valence-electron chi connectivity index (χ4n) is 2.37. The summed E-state index contributed by atoms with van der Waals surface area (Å²) in [6.45, 7) is 9.00. The van der Waals surface area contributed by atoms with Gasteiger partial charge in [-0.3, -0.25) is 0 Å². The van der Waals surface area contributed by atoms with E-state index >= 15 is 0 Å². The molecule has 0 spiro atoms. The maximum absolute atomic E-state index is 6.43. The van der Waals surface area contributed by atoms with E-state index in [2.05, 4.69) is 27.7 Å². The molecule has 0 saturated carbocycles. The lowest BCUT2D eigenvalue weighted by Crippen LogP contribution is -2.45. The Hall–Kier alpha value is 0.440. The molecule has 0 aromatic rings. The van der Waals surface area contributed by atoms with Crippen LogP contribution < -0.4 is 5.73 Å². The highest BCUT2D eigenvalue weighted by atomic mass is 79.9. The summed E-state index contributed by atoms with van der Waals surface area (Å²) in [6, 6.07) is 0. The minimum Gasteiger partial charge on any atom is -0.325 e. The van der Waals surface area contributed by atoms with Gasteiger partial charge in [-0.25, -0.2) is 0 Å². The molecule has 0 radical (unpaired) electrons. The third kappa shape index (κ3) is 5.91. The molecule has 0 rings (SSSR count). The van der Waals surface area contributed by atoms with Gasteiger partial charge in [0.2, 0.25) is 0 Å². The van der Waals surface area contributed by atoms with Gasteiger partial charge < -0.3 is 5.73 Å². The molecular formula is C13H30BrN. The SMILES string of the molecule is Br.CCCCCC(CC)C(N)(CC)CC. The molecule has 2 heteroatoms. The average Bonchev–Trinajstić information content (AvgIpc) is 2.23. The number of hydrogen-bond acceptors (Lipinski definition) is 1. The molecule has 0 aliphatic rings. The van der Waals surface area contributed by atoms with E-state index in [1.54, 1.807) is 0 Å². The summed E-state index contributed by atoms with van der Waals surface area (Å²) in [7, 11) is 0. The standard InChI is InChI=1S/C13H29N.BrH/c1-5-9-10-11-12(6-2)13(14,7-3)8-4;/h12H,5-11,14H2,1-4H3;1H. The Balaban J connectivity index is 0. The molecule has 1 atom stereocenters. The average molecular weight is 280 g/mol. The van der Waals surface area contributed by atoms with Crippen LogP contribution in [0.4, 0.5) is 0 Å². The number of unbranched alkanes of at least 4 members (excludes halogenated alkanes) is 2. The van der Waals surface area contributed by atoms with E-state index in [4.69, 9.17) is 5.73 Å². The Bertz CT molecular complexity index is 132. The lowest BCUT2D eigenvalue weighted by Gasteiger charge is -2.36. The van der Waals surface area contributed by atoms with Crippen molar-refractivity contribution >= 4 is 17.0 Å². The first-order valence-corrected chi connectivity index (χ1v) is 6.43. The fraction of sp³-hybridized carbons (Fsp3) is 1.00. The van der Waals surface area contributed by atoms with Gasteiger partial charge in [0.15, 0.2) is 0 Å². The lowest BCUT2D eigenvalue weighted by molar-refractivity contribution is 0.225. The summed E-state index contributed by atoms with van der Waals surface area (Å²) in [6.07, 6.45) is 8.83. The van der Waals surface area contributed by atoms with Crippen molar-refractivity contribution in [2.45, 2.75) is 78.2 Å². The van der Waals surface area contributed by atoms with Crippen LogP contribution in [-0.4, -0.2) is 5.54 Å². The first-order chi connectivity index (χ1) is 6.64. The molecular weight excluding hydrogens is 250 g/mol. The molecule has 0 aliphatic heterocycles. The van der Waals surface area contributed by atoms with Gasteiger partial charge in [0.25, 0.3) is 0 Å². The highest BCUT2D eigenvalue weighted by molar-refractivity contribution is 8.93. The van der Waals surface area contributed by atoms with Crippen LogP contribution in [0.2, 0.25) is 0 Å². The molecule has 94 valence electrons. The molecule has 1 nitrogen and oxygen atoms in total. The molecule has 0 aromatic carbocycles. The van der Waals surface area contributed by atoms with Gasteiger partial charge in [-0.05, 0) is 25.2 Å². The smallest absolute Gasteiger partial charge is 0.0177 e. The molecule has 1 unspecified atom stereocenters. The quantitative estimate of drug-likeness (QED) is 0.641. The minimum atomic E-state index is 0. The van der Waals surface area contributed by atoms with Crippen LogP contribution in [0.15, 0.2) is 0 Å². The van der Waals surface area contributed by atoms with Crippen LogP contribution in [-0.2, 0) is 0 Å². The van der Waals surface area contributed by atoms with Gasteiger partial charge in [-0.15, -0.1) is 17.0 Å². The van der Waals surface area contributed by atoms with E-state index in [-0.39, 0.29) is 22.5 Å². The van der Waals surface area contributed by atoms with Crippen LogP contribution in [0.25, 0.3) is 0 Å². The van der Waals surface area contributed by atoms with Crippen molar-refractivity contribution in [2.24, 2.45) is 11.7 Å². The highest BCUT2D eigenvalue weighted by Crippen LogP contribution is 2.29. The lowest BCUT2D eigenvalue weighted by atomic mass is 9.76. The molecule has 15 heavy (non-hydrogen) atoms. The third-order valence-electron chi connectivity index (χ3n) is 3.78. The summed E-state index contributed by atoms with van der Waals surface area (Å²) < 4.78 is 0. The van der Waals surface area contributed by atoms with Crippen molar-refractivity contribution in [3.8, 4) is 0 Å². The zero-order valence-electron chi connectivity index (χ0n) is 11.0. The first-order valence-electron chi connectivity index (χ1n) is 6.43. The molecule has 0 amide bonds. The second kappa shape index (κ2) is 9.65. The van der Waals surface area contributed by atoms with Gasteiger partial charge in [0, 0.05) is 5.54 Å². The van der Waals surface area contributed by atoms with Crippen molar-refractivity contribution in [3.05, 3.63) is 0 Å². The first kappa shape index (κ1) is 17.8. The number of rotatable bonds is 8.